The van der Waals surface area contributed by atoms with E-state index in [-0.39, 0.29) is 5.91 Å². The zero-order valence-electron chi connectivity index (χ0n) is 18.2. The van der Waals surface area contributed by atoms with E-state index in [2.05, 4.69) is 20.4 Å². The molecule has 7 nitrogen and oxygen atoms in total. The lowest BCUT2D eigenvalue weighted by Gasteiger charge is -2.15. The highest BCUT2D eigenvalue weighted by Gasteiger charge is 2.15. The number of nitrogens with zero attached hydrogens (tertiary/aromatic N) is 3. The van der Waals surface area contributed by atoms with Gasteiger partial charge < -0.3 is 14.6 Å². The fourth-order valence-electron chi connectivity index (χ4n) is 3.22. The molecule has 1 amide bonds. The Morgan fingerprint density at radius 3 is 2.53 bits per heavy atom. The highest BCUT2D eigenvalue weighted by molar-refractivity contribution is 5.81. The molecular weight excluding hydrogens is 404 g/mol. The molecule has 2 heterocycles. The molecule has 0 bridgehead atoms. The summed E-state index contributed by atoms with van der Waals surface area (Å²) in [7, 11) is 0. The van der Waals surface area contributed by atoms with Crippen LogP contribution in [0.4, 0.5) is 0 Å². The van der Waals surface area contributed by atoms with E-state index in [4.69, 9.17) is 9.26 Å². The predicted octanol–water partition coefficient (Wildman–Crippen LogP) is 4.50. The SMILES string of the molecule is Cc1ccc(O[C@H](C)C(=O)NCc2ccc(-c3ncncc3-c3cc(C)no3)cc2)cc1. The molecule has 162 valence electrons. The maximum Gasteiger partial charge on any atom is 0.261 e. The number of aromatic nitrogens is 3. The van der Waals surface area contributed by atoms with Gasteiger partial charge in [-0.15, -0.1) is 0 Å². The van der Waals surface area contributed by atoms with Crippen LogP contribution >= 0.6 is 0 Å². The van der Waals surface area contributed by atoms with Crippen molar-refractivity contribution in [2.24, 2.45) is 0 Å². The number of ether oxygens (including phenoxy) is 1. The van der Waals surface area contributed by atoms with Crippen molar-refractivity contribution < 1.29 is 14.1 Å². The molecule has 0 aliphatic carbocycles. The van der Waals surface area contributed by atoms with Crippen LogP contribution in [0.25, 0.3) is 22.6 Å². The zero-order valence-corrected chi connectivity index (χ0v) is 18.2. The van der Waals surface area contributed by atoms with Crippen LogP contribution in [0.3, 0.4) is 0 Å². The van der Waals surface area contributed by atoms with E-state index in [0.717, 1.165) is 33.6 Å². The summed E-state index contributed by atoms with van der Waals surface area (Å²) in [6.45, 7) is 6.01. The first-order valence-corrected chi connectivity index (χ1v) is 10.3. The molecule has 2 aromatic carbocycles. The Hall–Kier alpha value is -4.00. The van der Waals surface area contributed by atoms with Gasteiger partial charge in [-0.25, -0.2) is 9.97 Å². The minimum Gasteiger partial charge on any atom is -0.481 e. The van der Waals surface area contributed by atoms with Gasteiger partial charge in [-0.1, -0.05) is 47.1 Å². The van der Waals surface area contributed by atoms with Crippen LogP contribution < -0.4 is 10.1 Å². The molecule has 2 aromatic heterocycles. The van der Waals surface area contributed by atoms with Crippen molar-refractivity contribution in [3.63, 3.8) is 0 Å². The van der Waals surface area contributed by atoms with Crippen LogP contribution in [-0.4, -0.2) is 27.1 Å². The van der Waals surface area contributed by atoms with E-state index < -0.39 is 6.10 Å². The highest BCUT2D eigenvalue weighted by Crippen LogP contribution is 2.30. The molecule has 0 radical (unpaired) electrons. The van der Waals surface area contributed by atoms with Crippen LogP contribution in [0.5, 0.6) is 5.75 Å². The third-order valence-corrected chi connectivity index (χ3v) is 5.00. The number of hydrogen-bond acceptors (Lipinski definition) is 6. The quantitative estimate of drug-likeness (QED) is 0.466. The summed E-state index contributed by atoms with van der Waals surface area (Å²) in [6, 6.07) is 17.3. The highest BCUT2D eigenvalue weighted by atomic mass is 16.5. The average molecular weight is 428 g/mol. The van der Waals surface area contributed by atoms with Crippen LogP contribution in [0.15, 0.2) is 71.6 Å². The maximum atomic E-state index is 12.4. The normalized spacial score (nSPS) is 11.7. The Kier molecular flexibility index (Phi) is 6.26. The van der Waals surface area contributed by atoms with Crippen LogP contribution in [0.2, 0.25) is 0 Å². The standard InChI is InChI=1S/C25H24N4O3/c1-16-4-10-21(11-5-16)31-18(3)25(30)27-13-19-6-8-20(9-7-19)24-22(14-26-15-28-24)23-12-17(2)29-32-23/h4-12,14-15,18H,13H2,1-3H3,(H,27,30)/t18-/m1/s1. The predicted molar refractivity (Wildman–Crippen MR) is 121 cm³/mol. The van der Waals surface area contributed by atoms with Gasteiger partial charge in [0.2, 0.25) is 0 Å². The van der Waals surface area contributed by atoms with Crippen molar-refractivity contribution in [3.8, 4) is 28.3 Å². The molecule has 0 aliphatic heterocycles. The molecule has 4 rings (SSSR count). The Morgan fingerprint density at radius 2 is 1.84 bits per heavy atom. The van der Waals surface area contributed by atoms with E-state index in [0.29, 0.717) is 18.1 Å². The van der Waals surface area contributed by atoms with Gasteiger partial charge in [0.1, 0.15) is 12.1 Å². The van der Waals surface area contributed by atoms with Gasteiger partial charge in [-0.3, -0.25) is 4.79 Å². The number of amides is 1. The van der Waals surface area contributed by atoms with Gasteiger partial charge in [0.25, 0.3) is 5.91 Å². The Bertz CT molecular complexity index is 1200. The summed E-state index contributed by atoms with van der Waals surface area (Å²) in [4.78, 5) is 20.9. The third-order valence-electron chi connectivity index (χ3n) is 5.00. The third kappa shape index (κ3) is 5.00. The molecule has 0 saturated heterocycles. The van der Waals surface area contributed by atoms with Gasteiger partial charge in [0.05, 0.1) is 17.0 Å². The molecule has 1 N–H and O–H groups in total. The second-order valence-corrected chi connectivity index (χ2v) is 7.61. The largest absolute Gasteiger partial charge is 0.481 e. The monoisotopic (exact) mass is 428 g/mol. The van der Waals surface area contributed by atoms with E-state index in [1.807, 2.05) is 68.4 Å². The Morgan fingerprint density at radius 1 is 1.09 bits per heavy atom. The number of nitrogens with one attached hydrogen (secondary N) is 1. The summed E-state index contributed by atoms with van der Waals surface area (Å²) in [6.07, 6.45) is 2.63. The summed E-state index contributed by atoms with van der Waals surface area (Å²) in [5, 5.41) is 6.86. The first-order chi connectivity index (χ1) is 15.5. The van der Waals surface area contributed by atoms with Gasteiger partial charge in [-0.2, -0.15) is 0 Å². The molecule has 4 aromatic rings. The number of hydrogen-bond donors (Lipinski definition) is 1. The number of carbonyl (C=O) groups excluding carboxylic acids is 1. The van der Waals surface area contributed by atoms with Crippen molar-refractivity contribution in [3.05, 3.63) is 83.9 Å². The van der Waals surface area contributed by atoms with Crippen LogP contribution in [-0.2, 0) is 11.3 Å². The summed E-state index contributed by atoms with van der Waals surface area (Å²) in [5.41, 5.74) is 5.35. The number of carbonyl (C=O) groups is 1. The summed E-state index contributed by atoms with van der Waals surface area (Å²) < 4.78 is 11.1. The lowest BCUT2D eigenvalue weighted by Crippen LogP contribution is -2.35. The molecule has 0 spiro atoms. The van der Waals surface area contributed by atoms with Crippen LogP contribution in [0, 0.1) is 13.8 Å². The molecule has 7 heteroatoms. The van der Waals surface area contributed by atoms with Crippen molar-refractivity contribution in [2.75, 3.05) is 0 Å². The second-order valence-electron chi connectivity index (χ2n) is 7.61. The fraction of sp³-hybridized carbons (Fsp3) is 0.200. The lowest BCUT2D eigenvalue weighted by atomic mass is 10.0. The van der Waals surface area contributed by atoms with Gasteiger partial charge in [0, 0.05) is 24.4 Å². The van der Waals surface area contributed by atoms with Crippen molar-refractivity contribution in [1.29, 1.82) is 0 Å². The topological polar surface area (TPSA) is 90.1 Å². The molecule has 0 saturated carbocycles. The minimum absolute atomic E-state index is 0.173. The number of aryl methyl sites for hydroxylation is 2. The fourth-order valence-corrected chi connectivity index (χ4v) is 3.22. The van der Waals surface area contributed by atoms with E-state index in [1.165, 1.54) is 6.33 Å². The Labute approximate surface area is 186 Å². The van der Waals surface area contributed by atoms with Crippen molar-refractivity contribution in [1.82, 2.24) is 20.4 Å². The average Bonchev–Trinajstić information content (AvgIpc) is 3.25. The minimum atomic E-state index is -0.592. The zero-order chi connectivity index (χ0) is 22.5. The van der Waals surface area contributed by atoms with Crippen molar-refractivity contribution >= 4 is 5.91 Å². The molecule has 0 aliphatic rings. The molecule has 32 heavy (non-hydrogen) atoms. The van der Waals surface area contributed by atoms with E-state index in [9.17, 15) is 4.79 Å². The maximum absolute atomic E-state index is 12.4. The van der Waals surface area contributed by atoms with Gasteiger partial charge in [0.15, 0.2) is 11.9 Å². The number of rotatable bonds is 7. The Balaban J connectivity index is 1.39. The van der Waals surface area contributed by atoms with E-state index in [1.54, 1.807) is 13.1 Å². The molecule has 0 fully saturated rings. The molecule has 0 unspecified atom stereocenters. The first-order valence-electron chi connectivity index (χ1n) is 10.3. The molecule has 1 atom stereocenters. The van der Waals surface area contributed by atoms with Gasteiger partial charge >= 0.3 is 0 Å². The smallest absolute Gasteiger partial charge is 0.261 e. The van der Waals surface area contributed by atoms with E-state index >= 15 is 0 Å². The lowest BCUT2D eigenvalue weighted by molar-refractivity contribution is -0.127. The van der Waals surface area contributed by atoms with Gasteiger partial charge in [-0.05, 0) is 38.5 Å². The first kappa shape index (κ1) is 21.2. The van der Waals surface area contributed by atoms with Crippen LogP contribution in [0.1, 0.15) is 23.7 Å². The number of benzene rings is 2. The summed E-state index contributed by atoms with van der Waals surface area (Å²) >= 11 is 0. The second kappa shape index (κ2) is 9.43. The summed E-state index contributed by atoms with van der Waals surface area (Å²) in [5.74, 6) is 1.12. The molecular formula is C25H24N4O3. The van der Waals surface area contributed by atoms with Crippen molar-refractivity contribution in [2.45, 2.75) is 33.4 Å².